The Bertz CT molecular complexity index is 533. The normalized spacial score (nSPS) is 10.9. The third kappa shape index (κ3) is 6.33. The Balaban J connectivity index is 2.62. The molecule has 9 heteroatoms. The zero-order chi connectivity index (χ0) is 16.8. The number of rotatable bonds is 7. The second-order valence-electron chi connectivity index (χ2n) is 4.28. The van der Waals surface area contributed by atoms with Crippen molar-refractivity contribution < 1.29 is 37.3 Å². The molecule has 1 aromatic rings. The van der Waals surface area contributed by atoms with Crippen LogP contribution >= 0.6 is 0 Å². The van der Waals surface area contributed by atoms with Crippen molar-refractivity contribution in [2.75, 3.05) is 26.8 Å². The molecule has 0 bridgehead atoms. The Hall–Kier alpha value is -2.45. The molecule has 0 aliphatic rings. The third-order valence-corrected chi connectivity index (χ3v) is 2.39. The number of ether oxygens (including phenoxy) is 2. The highest BCUT2D eigenvalue weighted by atomic mass is 19.4. The predicted molar refractivity (Wildman–Crippen MR) is 68.8 cm³/mol. The van der Waals surface area contributed by atoms with Crippen LogP contribution in [0.2, 0.25) is 0 Å². The molecule has 0 aliphatic heterocycles. The van der Waals surface area contributed by atoms with Crippen LogP contribution in [-0.2, 0) is 9.59 Å². The van der Waals surface area contributed by atoms with Crippen LogP contribution in [0.3, 0.4) is 0 Å². The number of hydrogen-bond donors (Lipinski definition) is 1. The zero-order valence-electron chi connectivity index (χ0n) is 11.6. The van der Waals surface area contributed by atoms with Crippen molar-refractivity contribution in [1.29, 1.82) is 0 Å². The van der Waals surface area contributed by atoms with E-state index in [2.05, 4.69) is 4.74 Å². The summed E-state index contributed by atoms with van der Waals surface area (Å²) in [6.45, 7) is -2.51. The molecule has 0 fully saturated rings. The number of halogens is 3. The van der Waals surface area contributed by atoms with E-state index in [1.54, 1.807) is 0 Å². The monoisotopic (exact) mass is 321 g/mol. The highest BCUT2D eigenvalue weighted by molar-refractivity contribution is 5.82. The largest absolute Gasteiger partial charge is 0.480 e. The highest BCUT2D eigenvalue weighted by Gasteiger charge is 2.29. The predicted octanol–water partition coefficient (Wildman–Crippen LogP) is 1.55. The maximum absolute atomic E-state index is 12.1. The summed E-state index contributed by atoms with van der Waals surface area (Å²) in [5, 5.41) is 8.55. The first-order chi connectivity index (χ1) is 10.2. The molecule has 0 aromatic heterocycles. The second kappa shape index (κ2) is 7.53. The van der Waals surface area contributed by atoms with E-state index in [4.69, 9.17) is 9.84 Å². The number of alkyl halides is 3. The van der Waals surface area contributed by atoms with Gasteiger partial charge in [0.2, 0.25) is 0 Å². The fourth-order valence-electron chi connectivity index (χ4n) is 1.39. The van der Waals surface area contributed by atoms with E-state index in [9.17, 15) is 22.8 Å². The Morgan fingerprint density at radius 2 is 1.73 bits per heavy atom. The number of nitrogens with zero attached hydrogens (tertiary/aromatic N) is 1. The van der Waals surface area contributed by atoms with Crippen molar-refractivity contribution >= 4 is 11.9 Å². The summed E-state index contributed by atoms with van der Waals surface area (Å²) in [6, 6.07) is 5.57. The first-order valence-electron chi connectivity index (χ1n) is 6.06. The van der Waals surface area contributed by atoms with E-state index < -0.39 is 37.8 Å². The number of hydrogen-bond acceptors (Lipinski definition) is 4. The van der Waals surface area contributed by atoms with Gasteiger partial charge >= 0.3 is 12.1 Å². The van der Waals surface area contributed by atoms with Crippen LogP contribution in [0.25, 0.3) is 0 Å². The van der Waals surface area contributed by atoms with Crippen molar-refractivity contribution in [3.63, 3.8) is 0 Å². The van der Waals surface area contributed by atoms with Gasteiger partial charge in [-0.05, 0) is 12.1 Å². The number of carbonyl (C=O) groups excluding carboxylic acids is 1. The topological polar surface area (TPSA) is 76.1 Å². The Morgan fingerprint density at radius 1 is 1.18 bits per heavy atom. The molecule has 1 aromatic carbocycles. The maximum Gasteiger partial charge on any atom is 0.422 e. The van der Waals surface area contributed by atoms with Gasteiger partial charge in [0.1, 0.15) is 6.54 Å². The van der Waals surface area contributed by atoms with E-state index in [1.807, 2.05) is 0 Å². The van der Waals surface area contributed by atoms with Gasteiger partial charge in [0, 0.05) is 7.05 Å². The first-order valence-corrected chi connectivity index (χ1v) is 6.06. The average molecular weight is 321 g/mol. The lowest BCUT2D eigenvalue weighted by Crippen LogP contribution is -2.35. The number of aliphatic carboxylic acids is 1. The summed E-state index contributed by atoms with van der Waals surface area (Å²) < 4.78 is 46.1. The number of carboxylic acid groups (broad SMARTS) is 1. The molecule has 6 nitrogen and oxygen atoms in total. The lowest BCUT2D eigenvalue weighted by molar-refractivity contribution is -0.153. The van der Waals surface area contributed by atoms with Gasteiger partial charge in [-0.2, -0.15) is 13.2 Å². The molecule has 22 heavy (non-hydrogen) atoms. The van der Waals surface area contributed by atoms with Crippen molar-refractivity contribution in [2.45, 2.75) is 6.18 Å². The Kier molecular flexibility index (Phi) is 6.02. The first kappa shape index (κ1) is 17.6. The van der Waals surface area contributed by atoms with Crippen LogP contribution in [0.15, 0.2) is 24.3 Å². The molecule has 1 rings (SSSR count). The van der Waals surface area contributed by atoms with E-state index in [0.29, 0.717) is 0 Å². The number of amides is 1. The number of para-hydroxylation sites is 2. The van der Waals surface area contributed by atoms with E-state index in [1.165, 1.54) is 31.3 Å². The summed E-state index contributed by atoms with van der Waals surface area (Å²) in [5.74, 6) is -2.02. The fraction of sp³-hybridized carbons (Fsp3) is 0.385. The minimum Gasteiger partial charge on any atom is -0.480 e. The number of benzene rings is 1. The smallest absolute Gasteiger partial charge is 0.422 e. The van der Waals surface area contributed by atoms with Crippen molar-refractivity contribution in [3.8, 4) is 11.5 Å². The van der Waals surface area contributed by atoms with Gasteiger partial charge in [-0.15, -0.1) is 0 Å². The van der Waals surface area contributed by atoms with Gasteiger partial charge in [0.05, 0.1) is 0 Å². The summed E-state index contributed by atoms with van der Waals surface area (Å²) in [7, 11) is 1.27. The second-order valence-corrected chi connectivity index (χ2v) is 4.28. The molecule has 1 amide bonds. The van der Waals surface area contributed by atoms with Crippen molar-refractivity contribution in [3.05, 3.63) is 24.3 Å². The minimum atomic E-state index is -4.50. The van der Waals surface area contributed by atoms with Crippen LogP contribution in [0.5, 0.6) is 11.5 Å². The highest BCUT2D eigenvalue weighted by Crippen LogP contribution is 2.28. The van der Waals surface area contributed by atoms with Gasteiger partial charge in [-0.1, -0.05) is 12.1 Å². The molecule has 0 saturated carbocycles. The number of carbonyl (C=O) groups is 2. The molecule has 0 saturated heterocycles. The van der Waals surface area contributed by atoms with Crippen LogP contribution in [0.1, 0.15) is 0 Å². The lowest BCUT2D eigenvalue weighted by Gasteiger charge is -2.16. The minimum absolute atomic E-state index is 0.0381. The molecule has 0 unspecified atom stereocenters. The van der Waals surface area contributed by atoms with Gasteiger partial charge in [-0.25, -0.2) is 0 Å². The lowest BCUT2D eigenvalue weighted by atomic mass is 10.3. The fourth-order valence-corrected chi connectivity index (χ4v) is 1.39. The van der Waals surface area contributed by atoms with Gasteiger partial charge in [0.25, 0.3) is 5.91 Å². The van der Waals surface area contributed by atoms with Crippen LogP contribution in [-0.4, -0.2) is 54.9 Å². The molecule has 0 aliphatic carbocycles. The third-order valence-electron chi connectivity index (χ3n) is 2.39. The zero-order valence-corrected chi connectivity index (χ0v) is 11.6. The molecule has 0 heterocycles. The summed E-state index contributed by atoms with van der Waals surface area (Å²) in [4.78, 5) is 23.0. The van der Waals surface area contributed by atoms with Gasteiger partial charge < -0.3 is 19.5 Å². The van der Waals surface area contributed by atoms with Gasteiger partial charge in [-0.3, -0.25) is 9.59 Å². The summed E-state index contributed by atoms with van der Waals surface area (Å²) in [5.41, 5.74) is 0. The van der Waals surface area contributed by atoms with Crippen LogP contribution in [0, 0.1) is 0 Å². The maximum atomic E-state index is 12.1. The molecule has 122 valence electrons. The average Bonchev–Trinajstić information content (AvgIpc) is 2.41. The van der Waals surface area contributed by atoms with E-state index in [-0.39, 0.29) is 11.5 Å². The van der Waals surface area contributed by atoms with Crippen LogP contribution in [0.4, 0.5) is 13.2 Å². The molecular weight excluding hydrogens is 307 g/mol. The molecule has 0 spiro atoms. The summed E-state index contributed by atoms with van der Waals surface area (Å²) in [6.07, 6.45) is -4.50. The quantitative estimate of drug-likeness (QED) is 0.824. The number of carboxylic acids is 1. The molecular formula is C13H14F3NO5. The Morgan fingerprint density at radius 3 is 2.23 bits per heavy atom. The Labute approximate surface area is 124 Å². The van der Waals surface area contributed by atoms with Crippen molar-refractivity contribution in [2.24, 2.45) is 0 Å². The van der Waals surface area contributed by atoms with E-state index in [0.717, 1.165) is 4.90 Å². The number of likely N-dealkylation sites (N-methyl/N-ethyl adjacent to an activating group) is 1. The van der Waals surface area contributed by atoms with E-state index >= 15 is 0 Å². The molecule has 1 N–H and O–H groups in total. The molecule has 0 radical (unpaired) electrons. The van der Waals surface area contributed by atoms with Crippen LogP contribution < -0.4 is 9.47 Å². The van der Waals surface area contributed by atoms with Gasteiger partial charge in [0.15, 0.2) is 24.7 Å². The molecule has 0 atom stereocenters. The standard InChI is InChI=1S/C13H14F3NO5/c1-17(6-12(19)20)11(18)7-21-9-4-2-3-5-10(9)22-8-13(14,15)16/h2-5H,6-8H2,1H3,(H,19,20). The summed E-state index contributed by atoms with van der Waals surface area (Å²) >= 11 is 0. The van der Waals surface area contributed by atoms with Crippen molar-refractivity contribution in [1.82, 2.24) is 4.90 Å². The SMILES string of the molecule is CN(CC(=O)O)C(=O)COc1ccccc1OCC(F)(F)F.